The number of rotatable bonds is 2. The molecule has 0 aromatic heterocycles. The van der Waals surface area contributed by atoms with Crippen LogP contribution in [0.2, 0.25) is 0 Å². The van der Waals surface area contributed by atoms with Gasteiger partial charge in [-0.25, -0.2) is 13.2 Å². The number of sulfone groups is 1. The van der Waals surface area contributed by atoms with Gasteiger partial charge in [0.15, 0.2) is 9.84 Å². The Balaban J connectivity index is 1.68. The molecule has 1 aromatic carbocycles. The lowest BCUT2D eigenvalue weighted by Crippen LogP contribution is -2.61. The lowest BCUT2D eigenvalue weighted by atomic mass is 9.60. The highest BCUT2D eigenvalue weighted by molar-refractivity contribution is 7.90. The van der Waals surface area contributed by atoms with E-state index < -0.39 is 15.9 Å². The smallest absolute Gasteiger partial charge is 0.407 e. The predicted octanol–water partition coefficient (Wildman–Crippen LogP) is 2.25. The van der Waals surface area contributed by atoms with Crippen molar-refractivity contribution in [3.63, 3.8) is 0 Å². The fraction of sp³-hybridized carbons (Fsp3) is 0.400. The Kier molecular flexibility index (Phi) is 3.09. The first-order valence-corrected chi connectivity index (χ1v) is 8.64. The van der Waals surface area contributed by atoms with Crippen molar-refractivity contribution in [1.82, 2.24) is 4.90 Å². The maximum atomic E-state index is 11.5. The second-order valence-electron chi connectivity index (χ2n) is 6.14. The summed E-state index contributed by atoms with van der Waals surface area (Å²) in [7, 11) is -3.18. The van der Waals surface area contributed by atoms with Crippen LogP contribution < -0.4 is 0 Å². The zero-order valence-electron chi connectivity index (χ0n) is 11.7. The Morgan fingerprint density at radius 1 is 1.33 bits per heavy atom. The van der Waals surface area contributed by atoms with Gasteiger partial charge in [0.2, 0.25) is 0 Å². The van der Waals surface area contributed by atoms with Crippen LogP contribution in [-0.2, 0) is 9.84 Å². The molecule has 1 heterocycles. The minimum Gasteiger partial charge on any atom is -0.465 e. The zero-order valence-corrected chi connectivity index (χ0v) is 12.6. The van der Waals surface area contributed by atoms with Crippen LogP contribution in [0.1, 0.15) is 18.4 Å². The summed E-state index contributed by atoms with van der Waals surface area (Å²) >= 11 is 0. The highest BCUT2D eigenvalue weighted by Gasteiger charge is 2.51. The quantitative estimate of drug-likeness (QED) is 0.909. The maximum Gasteiger partial charge on any atom is 0.407 e. The second-order valence-corrected chi connectivity index (χ2v) is 8.16. The van der Waals surface area contributed by atoms with Crippen molar-refractivity contribution >= 4 is 22.0 Å². The van der Waals surface area contributed by atoms with E-state index in [2.05, 4.69) is 0 Å². The molecule has 1 aromatic rings. The van der Waals surface area contributed by atoms with Crippen LogP contribution in [0.15, 0.2) is 34.7 Å². The number of nitrogens with zero attached hydrogens (tertiary/aromatic N) is 1. The first-order chi connectivity index (χ1) is 9.77. The van der Waals surface area contributed by atoms with E-state index in [1.165, 1.54) is 16.7 Å². The minimum atomic E-state index is -3.18. The molecule has 1 aliphatic carbocycles. The number of hydrogen-bond donors (Lipinski definition) is 1. The number of allylic oxidation sites excluding steroid dienone is 1. The molecule has 2 fully saturated rings. The summed E-state index contributed by atoms with van der Waals surface area (Å²) in [6.07, 6.45) is 4.18. The van der Waals surface area contributed by atoms with Crippen molar-refractivity contribution in [2.75, 3.05) is 19.3 Å². The van der Waals surface area contributed by atoms with Gasteiger partial charge in [-0.15, -0.1) is 0 Å². The van der Waals surface area contributed by atoms with Crippen LogP contribution in [0.4, 0.5) is 4.79 Å². The molecule has 21 heavy (non-hydrogen) atoms. The molecule has 1 spiro atoms. The van der Waals surface area contributed by atoms with E-state index in [9.17, 15) is 13.2 Å². The molecule has 1 amide bonds. The third kappa shape index (κ3) is 2.68. The van der Waals surface area contributed by atoms with E-state index in [1.54, 1.807) is 18.2 Å². The van der Waals surface area contributed by atoms with Gasteiger partial charge < -0.3 is 10.0 Å². The Morgan fingerprint density at radius 3 is 2.57 bits per heavy atom. The van der Waals surface area contributed by atoms with Gasteiger partial charge in [-0.3, -0.25) is 0 Å². The van der Waals surface area contributed by atoms with Gasteiger partial charge in [0.05, 0.1) is 4.90 Å². The number of hydrogen-bond acceptors (Lipinski definition) is 3. The zero-order chi connectivity index (χ0) is 15.3. The molecule has 112 valence electrons. The molecule has 1 saturated carbocycles. The van der Waals surface area contributed by atoms with Crippen molar-refractivity contribution in [1.29, 1.82) is 0 Å². The highest BCUT2D eigenvalue weighted by Crippen LogP contribution is 2.52. The monoisotopic (exact) mass is 307 g/mol. The fourth-order valence-electron chi connectivity index (χ4n) is 3.21. The first-order valence-electron chi connectivity index (χ1n) is 6.75. The lowest BCUT2D eigenvalue weighted by Gasteiger charge is -2.55. The van der Waals surface area contributed by atoms with E-state index >= 15 is 0 Å². The standard InChI is InChI=1S/C15H17NO4S/c1-21(19,20)13-4-2-3-11(6-13)5-12-7-15(8-12)9-16(10-15)14(17)18/h2-6H,7-10H2,1H3,(H,17,18). The molecular weight excluding hydrogens is 290 g/mol. The van der Waals surface area contributed by atoms with Crippen molar-refractivity contribution < 1.29 is 18.3 Å². The van der Waals surface area contributed by atoms with Crippen molar-refractivity contribution in [2.24, 2.45) is 5.41 Å². The Morgan fingerprint density at radius 2 is 2.00 bits per heavy atom. The molecule has 5 nitrogen and oxygen atoms in total. The predicted molar refractivity (Wildman–Crippen MR) is 78.8 cm³/mol. The third-order valence-electron chi connectivity index (χ3n) is 4.18. The van der Waals surface area contributed by atoms with E-state index in [1.807, 2.05) is 12.1 Å². The summed E-state index contributed by atoms with van der Waals surface area (Å²) < 4.78 is 23.1. The molecule has 1 aliphatic heterocycles. The number of likely N-dealkylation sites (tertiary alicyclic amines) is 1. The van der Waals surface area contributed by atoms with Gasteiger partial charge in [0, 0.05) is 24.8 Å². The summed E-state index contributed by atoms with van der Waals surface area (Å²) in [5.74, 6) is 0. The van der Waals surface area contributed by atoms with Crippen molar-refractivity contribution in [2.45, 2.75) is 17.7 Å². The van der Waals surface area contributed by atoms with Gasteiger partial charge in [0.25, 0.3) is 0 Å². The molecule has 6 heteroatoms. The number of amides is 1. The SMILES string of the molecule is CS(=O)(=O)c1cccc(C=C2CC3(C2)CN(C(=O)O)C3)c1. The van der Waals surface area contributed by atoms with Crippen LogP contribution in [-0.4, -0.2) is 43.9 Å². The van der Waals surface area contributed by atoms with Crippen molar-refractivity contribution in [3.05, 3.63) is 35.4 Å². The van der Waals surface area contributed by atoms with Crippen LogP contribution in [0.25, 0.3) is 6.08 Å². The van der Waals surface area contributed by atoms with Gasteiger partial charge >= 0.3 is 6.09 Å². The Hall–Kier alpha value is -1.82. The molecular formula is C15H17NO4S. The Bertz CT molecular complexity index is 720. The number of carbonyl (C=O) groups is 1. The average molecular weight is 307 g/mol. The topological polar surface area (TPSA) is 74.7 Å². The minimum absolute atomic E-state index is 0.138. The van der Waals surface area contributed by atoms with E-state index in [4.69, 9.17) is 5.11 Å². The van der Waals surface area contributed by atoms with Crippen LogP contribution in [0, 0.1) is 5.41 Å². The fourth-order valence-corrected chi connectivity index (χ4v) is 3.88. The van der Waals surface area contributed by atoms with E-state index in [0.717, 1.165) is 18.4 Å². The largest absolute Gasteiger partial charge is 0.465 e. The highest BCUT2D eigenvalue weighted by atomic mass is 32.2. The van der Waals surface area contributed by atoms with Crippen LogP contribution in [0.3, 0.4) is 0 Å². The molecule has 1 N–H and O–H groups in total. The van der Waals surface area contributed by atoms with Gasteiger partial charge in [0.1, 0.15) is 0 Å². The van der Waals surface area contributed by atoms with Gasteiger partial charge in [-0.1, -0.05) is 23.8 Å². The van der Waals surface area contributed by atoms with Crippen molar-refractivity contribution in [3.8, 4) is 0 Å². The van der Waals surface area contributed by atoms with E-state index in [0.29, 0.717) is 18.0 Å². The summed E-state index contributed by atoms with van der Waals surface area (Å²) in [5, 5.41) is 8.85. The first kappa shape index (κ1) is 14.1. The second kappa shape index (κ2) is 4.59. The molecule has 0 unspecified atom stereocenters. The van der Waals surface area contributed by atoms with Gasteiger partial charge in [-0.2, -0.15) is 0 Å². The van der Waals surface area contributed by atoms with Gasteiger partial charge in [-0.05, 0) is 30.5 Å². The third-order valence-corrected chi connectivity index (χ3v) is 5.29. The molecule has 3 rings (SSSR count). The summed E-state index contributed by atoms with van der Waals surface area (Å²) in [5.41, 5.74) is 2.28. The molecule has 2 aliphatic rings. The molecule has 0 radical (unpaired) electrons. The Labute approximate surface area is 123 Å². The molecule has 0 atom stereocenters. The molecule has 1 saturated heterocycles. The summed E-state index contributed by atoms with van der Waals surface area (Å²) in [6, 6.07) is 6.90. The average Bonchev–Trinajstić information content (AvgIpc) is 2.29. The number of carboxylic acid groups (broad SMARTS) is 1. The normalized spacial score (nSPS) is 19.9. The lowest BCUT2D eigenvalue weighted by molar-refractivity contribution is -0.0162. The molecule has 0 bridgehead atoms. The van der Waals surface area contributed by atoms with E-state index in [-0.39, 0.29) is 5.41 Å². The van der Waals surface area contributed by atoms with Crippen LogP contribution in [0.5, 0.6) is 0 Å². The number of benzene rings is 1. The summed E-state index contributed by atoms with van der Waals surface area (Å²) in [4.78, 5) is 12.5. The summed E-state index contributed by atoms with van der Waals surface area (Å²) in [6.45, 7) is 1.23. The van der Waals surface area contributed by atoms with Crippen LogP contribution >= 0.6 is 0 Å². The maximum absolute atomic E-state index is 11.5.